The van der Waals surface area contributed by atoms with E-state index in [1.165, 1.54) is 24.3 Å². The molecule has 1 heterocycles. The van der Waals surface area contributed by atoms with Gasteiger partial charge in [0.05, 0.1) is 12.2 Å². The van der Waals surface area contributed by atoms with Crippen LogP contribution >= 0.6 is 0 Å². The number of benzene rings is 1. The fraction of sp³-hybridized carbons (Fsp3) is 0.200. The van der Waals surface area contributed by atoms with E-state index in [4.69, 9.17) is 0 Å². The maximum absolute atomic E-state index is 12.7. The molecule has 20 heavy (non-hydrogen) atoms. The summed E-state index contributed by atoms with van der Waals surface area (Å²) >= 11 is 0. The molecular formula is C15H16FN3O. The van der Waals surface area contributed by atoms with Crippen LogP contribution in [0.4, 0.5) is 10.1 Å². The van der Waals surface area contributed by atoms with Gasteiger partial charge in [-0.2, -0.15) is 0 Å². The van der Waals surface area contributed by atoms with Crippen LogP contribution in [0.3, 0.4) is 0 Å². The summed E-state index contributed by atoms with van der Waals surface area (Å²) in [4.78, 5) is 16.0. The van der Waals surface area contributed by atoms with E-state index in [1.807, 2.05) is 25.1 Å². The molecule has 2 rings (SSSR count). The number of aromatic nitrogens is 1. The average molecular weight is 273 g/mol. The van der Waals surface area contributed by atoms with Crippen molar-refractivity contribution in [3.63, 3.8) is 0 Å². The van der Waals surface area contributed by atoms with Gasteiger partial charge in [0.25, 0.3) is 0 Å². The second-order valence-electron chi connectivity index (χ2n) is 4.41. The van der Waals surface area contributed by atoms with Crippen molar-refractivity contribution in [2.24, 2.45) is 0 Å². The van der Waals surface area contributed by atoms with Crippen LogP contribution in [0.25, 0.3) is 0 Å². The van der Waals surface area contributed by atoms with Crippen LogP contribution in [-0.2, 0) is 4.79 Å². The summed E-state index contributed by atoms with van der Waals surface area (Å²) in [6, 6.07) is 11.3. The Morgan fingerprint density at radius 3 is 2.65 bits per heavy atom. The second-order valence-corrected chi connectivity index (χ2v) is 4.41. The second kappa shape index (κ2) is 6.77. The highest BCUT2D eigenvalue weighted by Crippen LogP contribution is 2.09. The molecule has 0 saturated carbocycles. The Bertz CT molecular complexity index is 557. The molecule has 104 valence electrons. The molecule has 5 heteroatoms. The zero-order chi connectivity index (χ0) is 14.4. The maximum Gasteiger partial charge on any atom is 0.238 e. The Morgan fingerprint density at radius 2 is 2.00 bits per heavy atom. The lowest BCUT2D eigenvalue weighted by Gasteiger charge is -2.13. The predicted octanol–water partition coefficient (Wildman–Crippen LogP) is 2.51. The molecule has 2 aromatic rings. The Labute approximate surface area is 117 Å². The molecular weight excluding hydrogens is 257 g/mol. The molecule has 0 aliphatic rings. The Kier molecular flexibility index (Phi) is 4.79. The van der Waals surface area contributed by atoms with Crippen molar-refractivity contribution in [2.75, 3.05) is 11.9 Å². The van der Waals surface area contributed by atoms with E-state index in [9.17, 15) is 9.18 Å². The van der Waals surface area contributed by atoms with Crippen molar-refractivity contribution in [1.82, 2.24) is 10.3 Å². The zero-order valence-electron chi connectivity index (χ0n) is 11.1. The fourth-order valence-electron chi connectivity index (χ4n) is 1.72. The molecule has 0 aliphatic heterocycles. The number of anilines is 1. The van der Waals surface area contributed by atoms with Crippen LogP contribution in [-0.4, -0.2) is 17.4 Å². The van der Waals surface area contributed by atoms with Gasteiger partial charge in [0.2, 0.25) is 5.91 Å². The minimum absolute atomic E-state index is 0.0184. The van der Waals surface area contributed by atoms with Gasteiger partial charge in [-0.25, -0.2) is 4.39 Å². The van der Waals surface area contributed by atoms with Crippen LogP contribution in [0, 0.1) is 5.82 Å². The van der Waals surface area contributed by atoms with Crippen LogP contribution in [0.1, 0.15) is 18.7 Å². The monoisotopic (exact) mass is 273 g/mol. The molecule has 0 saturated heterocycles. The van der Waals surface area contributed by atoms with Crippen molar-refractivity contribution < 1.29 is 9.18 Å². The third-order valence-electron chi connectivity index (χ3n) is 2.83. The number of amides is 1. The van der Waals surface area contributed by atoms with E-state index in [1.54, 1.807) is 6.20 Å². The number of carbonyl (C=O) groups is 1. The Morgan fingerprint density at radius 1 is 1.25 bits per heavy atom. The largest absolute Gasteiger partial charge is 0.325 e. The van der Waals surface area contributed by atoms with Gasteiger partial charge in [-0.1, -0.05) is 6.07 Å². The van der Waals surface area contributed by atoms with Crippen LogP contribution < -0.4 is 10.6 Å². The van der Waals surface area contributed by atoms with Gasteiger partial charge < -0.3 is 10.6 Å². The molecule has 2 N–H and O–H groups in total. The predicted molar refractivity (Wildman–Crippen MR) is 75.7 cm³/mol. The van der Waals surface area contributed by atoms with Gasteiger partial charge in [-0.15, -0.1) is 0 Å². The van der Waals surface area contributed by atoms with E-state index in [2.05, 4.69) is 15.6 Å². The lowest BCUT2D eigenvalue weighted by atomic mass is 10.2. The summed E-state index contributed by atoms with van der Waals surface area (Å²) < 4.78 is 12.7. The number of nitrogens with zero attached hydrogens (tertiary/aromatic N) is 1. The summed E-state index contributed by atoms with van der Waals surface area (Å²) in [6.07, 6.45) is 1.71. The van der Waals surface area contributed by atoms with Crippen molar-refractivity contribution in [2.45, 2.75) is 13.0 Å². The molecule has 0 aliphatic carbocycles. The lowest BCUT2D eigenvalue weighted by Crippen LogP contribution is -2.30. The molecule has 0 fully saturated rings. The number of rotatable bonds is 5. The number of carbonyl (C=O) groups excluding carboxylic acids is 1. The molecule has 4 nitrogen and oxygen atoms in total. The minimum atomic E-state index is -0.329. The van der Waals surface area contributed by atoms with Gasteiger partial charge >= 0.3 is 0 Å². The fourth-order valence-corrected chi connectivity index (χ4v) is 1.72. The van der Waals surface area contributed by atoms with Gasteiger partial charge in [0, 0.05) is 17.9 Å². The van der Waals surface area contributed by atoms with Gasteiger partial charge in [0.15, 0.2) is 0 Å². The molecule has 0 spiro atoms. The highest BCUT2D eigenvalue weighted by molar-refractivity contribution is 5.92. The number of hydrogen-bond donors (Lipinski definition) is 2. The van der Waals surface area contributed by atoms with Crippen LogP contribution in [0.2, 0.25) is 0 Å². The number of halogens is 1. The maximum atomic E-state index is 12.7. The first-order valence-electron chi connectivity index (χ1n) is 6.35. The summed E-state index contributed by atoms with van der Waals surface area (Å²) in [7, 11) is 0. The smallest absolute Gasteiger partial charge is 0.238 e. The number of nitrogens with one attached hydrogen (secondary N) is 2. The highest BCUT2D eigenvalue weighted by atomic mass is 19.1. The van der Waals surface area contributed by atoms with Crippen molar-refractivity contribution in [3.05, 3.63) is 60.2 Å². The first-order chi connectivity index (χ1) is 9.65. The Hall–Kier alpha value is -2.27. The molecule has 1 aromatic heterocycles. The summed E-state index contributed by atoms with van der Waals surface area (Å²) in [5.41, 5.74) is 1.45. The van der Waals surface area contributed by atoms with Crippen molar-refractivity contribution >= 4 is 11.6 Å². The van der Waals surface area contributed by atoms with E-state index < -0.39 is 0 Å². The van der Waals surface area contributed by atoms with Crippen LogP contribution in [0.5, 0.6) is 0 Å². The highest BCUT2D eigenvalue weighted by Gasteiger charge is 2.08. The molecule has 1 aromatic carbocycles. The standard InChI is InChI=1S/C15H16FN3O/c1-11(14-4-2-3-9-17-14)18-10-15(20)19-13-7-5-12(16)6-8-13/h2-9,11,18H,10H2,1H3,(H,19,20). The number of pyridine rings is 1. The third-order valence-corrected chi connectivity index (χ3v) is 2.83. The lowest BCUT2D eigenvalue weighted by molar-refractivity contribution is -0.115. The van der Waals surface area contributed by atoms with E-state index >= 15 is 0 Å². The summed E-state index contributed by atoms with van der Waals surface area (Å²) in [6.45, 7) is 2.10. The first kappa shape index (κ1) is 14.1. The van der Waals surface area contributed by atoms with Gasteiger partial charge in [-0.05, 0) is 43.3 Å². The van der Waals surface area contributed by atoms with E-state index in [0.29, 0.717) is 5.69 Å². The summed E-state index contributed by atoms with van der Waals surface area (Å²) in [5.74, 6) is -0.510. The SMILES string of the molecule is CC(NCC(=O)Nc1ccc(F)cc1)c1ccccn1. The van der Waals surface area contributed by atoms with Crippen molar-refractivity contribution in [1.29, 1.82) is 0 Å². The normalized spacial score (nSPS) is 11.9. The molecule has 1 atom stereocenters. The quantitative estimate of drug-likeness (QED) is 0.880. The topological polar surface area (TPSA) is 54.0 Å². The van der Waals surface area contributed by atoms with E-state index in [-0.39, 0.29) is 24.3 Å². The third kappa shape index (κ3) is 4.13. The molecule has 1 amide bonds. The minimum Gasteiger partial charge on any atom is -0.325 e. The number of hydrogen-bond acceptors (Lipinski definition) is 3. The first-order valence-corrected chi connectivity index (χ1v) is 6.35. The Balaban J connectivity index is 1.82. The summed E-state index contributed by atoms with van der Waals surface area (Å²) in [5, 5.41) is 5.77. The molecule has 1 unspecified atom stereocenters. The van der Waals surface area contributed by atoms with Gasteiger partial charge in [0.1, 0.15) is 5.82 Å². The average Bonchev–Trinajstić information content (AvgIpc) is 2.48. The van der Waals surface area contributed by atoms with Crippen LogP contribution in [0.15, 0.2) is 48.7 Å². The molecule has 0 radical (unpaired) electrons. The zero-order valence-corrected chi connectivity index (χ0v) is 11.1. The van der Waals surface area contributed by atoms with E-state index in [0.717, 1.165) is 5.69 Å². The van der Waals surface area contributed by atoms with Gasteiger partial charge in [-0.3, -0.25) is 9.78 Å². The van der Waals surface area contributed by atoms with Crippen molar-refractivity contribution in [3.8, 4) is 0 Å². The molecule has 0 bridgehead atoms.